The number of aliphatic imine (C=N–C) groups is 1. The average Bonchev–Trinajstić information content (AvgIpc) is 3.25. The lowest BCUT2D eigenvalue weighted by Crippen LogP contribution is -2.39. The second kappa shape index (κ2) is 12.3. The molecule has 24 heavy (non-hydrogen) atoms. The maximum Gasteiger partial charge on any atom is 0.191 e. The SMILES string of the molecule is CCCCNC(=NCC(C)c1nccs1)NCCc1ccco1.I. The van der Waals surface area contributed by atoms with Crippen molar-refractivity contribution >= 4 is 41.3 Å². The van der Waals surface area contributed by atoms with Crippen LogP contribution in [0.5, 0.6) is 0 Å². The summed E-state index contributed by atoms with van der Waals surface area (Å²) in [5.41, 5.74) is 0. The van der Waals surface area contributed by atoms with Crippen LogP contribution in [0.15, 0.2) is 39.4 Å². The summed E-state index contributed by atoms with van der Waals surface area (Å²) in [5.74, 6) is 2.19. The van der Waals surface area contributed by atoms with Crippen molar-refractivity contribution in [2.75, 3.05) is 19.6 Å². The van der Waals surface area contributed by atoms with Crippen LogP contribution >= 0.6 is 35.3 Å². The molecule has 2 N–H and O–H groups in total. The van der Waals surface area contributed by atoms with Crippen LogP contribution < -0.4 is 10.6 Å². The highest BCUT2D eigenvalue weighted by Crippen LogP contribution is 2.17. The van der Waals surface area contributed by atoms with E-state index in [1.807, 2.05) is 23.7 Å². The molecule has 1 unspecified atom stereocenters. The fourth-order valence-electron chi connectivity index (χ4n) is 2.10. The second-order valence-electron chi connectivity index (χ2n) is 5.50. The first-order valence-electron chi connectivity index (χ1n) is 8.23. The van der Waals surface area contributed by atoms with E-state index in [1.165, 1.54) is 6.42 Å². The van der Waals surface area contributed by atoms with Crippen LogP contribution in [0.3, 0.4) is 0 Å². The number of nitrogens with zero attached hydrogens (tertiary/aromatic N) is 2. The number of hydrogen-bond donors (Lipinski definition) is 2. The van der Waals surface area contributed by atoms with E-state index in [9.17, 15) is 0 Å². The van der Waals surface area contributed by atoms with E-state index in [2.05, 4.69) is 29.5 Å². The van der Waals surface area contributed by atoms with Crippen molar-refractivity contribution < 1.29 is 4.42 Å². The molecule has 5 nitrogen and oxygen atoms in total. The van der Waals surface area contributed by atoms with E-state index < -0.39 is 0 Å². The summed E-state index contributed by atoms with van der Waals surface area (Å²) in [4.78, 5) is 9.06. The molecule has 0 aromatic carbocycles. The Labute approximate surface area is 165 Å². The molecule has 0 saturated heterocycles. The molecule has 134 valence electrons. The number of unbranched alkanes of at least 4 members (excludes halogenated alkanes) is 1. The zero-order valence-electron chi connectivity index (χ0n) is 14.3. The largest absolute Gasteiger partial charge is 0.469 e. The van der Waals surface area contributed by atoms with Crippen molar-refractivity contribution in [2.24, 2.45) is 4.99 Å². The molecule has 0 aliphatic heterocycles. The van der Waals surface area contributed by atoms with Crippen LogP contribution in [-0.4, -0.2) is 30.6 Å². The van der Waals surface area contributed by atoms with E-state index >= 15 is 0 Å². The number of halogens is 1. The Morgan fingerprint density at radius 2 is 2.21 bits per heavy atom. The van der Waals surface area contributed by atoms with Crippen LogP contribution in [0.1, 0.15) is 43.4 Å². The summed E-state index contributed by atoms with van der Waals surface area (Å²) in [6, 6.07) is 3.91. The fraction of sp³-hybridized carbons (Fsp3) is 0.529. The fourth-order valence-corrected chi connectivity index (χ4v) is 2.79. The van der Waals surface area contributed by atoms with Gasteiger partial charge in [0.05, 0.1) is 17.8 Å². The smallest absolute Gasteiger partial charge is 0.191 e. The van der Waals surface area contributed by atoms with Gasteiger partial charge in [0.1, 0.15) is 5.76 Å². The lowest BCUT2D eigenvalue weighted by Gasteiger charge is -2.13. The molecule has 0 fully saturated rings. The highest BCUT2D eigenvalue weighted by Gasteiger charge is 2.08. The Bertz CT molecular complexity index is 557. The number of hydrogen-bond acceptors (Lipinski definition) is 4. The first kappa shape index (κ1) is 21.0. The summed E-state index contributed by atoms with van der Waals surface area (Å²) in [7, 11) is 0. The molecular formula is C17H27IN4OS. The van der Waals surface area contributed by atoms with Gasteiger partial charge in [-0.15, -0.1) is 35.3 Å². The standard InChI is InChI=1S/C17H26N4OS.HI/c1-3-4-8-19-17(20-9-7-15-6-5-11-22-15)21-13-14(2)16-18-10-12-23-16;/h5-6,10-12,14H,3-4,7-9,13H2,1-2H3,(H2,19,20,21);1H. The molecule has 0 amide bonds. The molecule has 2 rings (SSSR count). The van der Waals surface area contributed by atoms with E-state index in [0.29, 0.717) is 5.92 Å². The summed E-state index contributed by atoms with van der Waals surface area (Å²) in [5, 5.41) is 9.92. The van der Waals surface area contributed by atoms with Crippen molar-refractivity contribution in [3.05, 3.63) is 40.7 Å². The van der Waals surface area contributed by atoms with Crippen LogP contribution in [0, 0.1) is 0 Å². The lowest BCUT2D eigenvalue weighted by molar-refractivity contribution is 0.506. The number of aromatic nitrogens is 1. The Kier molecular flexibility index (Phi) is 10.7. The number of furan rings is 1. The molecule has 7 heteroatoms. The molecule has 0 aliphatic carbocycles. The van der Waals surface area contributed by atoms with Gasteiger partial charge in [-0.3, -0.25) is 4.99 Å². The maximum absolute atomic E-state index is 5.35. The van der Waals surface area contributed by atoms with Crippen LogP contribution in [0.4, 0.5) is 0 Å². The molecule has 0 radical (unpaired) electrons. The maximum atomic E-state index is 5.35. The summed E-state index contributed by atoms with van der Waals surface area (Å²) < 4.78 is 5.35. The first-order chi connectivity index (χ1) is 11.3. The summed E-state index contributed by atoms with van der Waals surface area (Å²) in [6.07, 6.45) is 6.72. The predicted molar refractivity (Wildman–Crippen MR) is 112 cm³/mol. The predicted octanol–water partition coefficient (Wildman–Crippen LogP) is 4.04. The van der Waals surface area contributed by atoms with E-state index in [1.54, 1.807) is 17.6 Å². The zero-order chi connectivity index (χ0) is 16.3. The van der Waals surface area contributed by atoms with Crippen LogP contribution in [0.2, 0.25) is 0 Å². The minimum atomic E-state index is 0. The van der Waals surface area contributed by atoms with Gasteiger partial charge < -0.3 is 15.1 Å². The van der Waals surface area contributed by atoms with Gasteiger partial charge in [-0.05, 0) is 18.6 Å². The van der Waals surface area contributed by atoms with E-state index in [-0.39, 0.29) is 24.0 Å². The molecule has 2 heterocycles. The van der Waals surface area contributed by atoms with Gasteiger partial charge in [-0.2, -0.15) is 0 Å². The van der Waals surface area contributed by atoms with Crippen molar-refractivity contribution in [3.63, 3.8) is 0 Å². The third kappa shape index (κ3) is 7.65. The van der Waals surface area contributed by atoms with Crippen molar-refractivity contribution in [1.29, 1.82) is 0 Å². The minimum Gasteiger partial charge on any atom is -0.469 e. The van der Waals surface area contributed by atoms with Crippen molar-refractivity contribution in [1.82, 2.24) is 15.6 Å². The molecule has 1 atom stereocenters. The molecule has 0 spiro atoms. The second-order valence-corrected chi connectivity index (χ2v) is 6.42. The Balaban J connectivity index is 0.00000288. The van der Waals surface area contributed by atoms with Crippen molar-refractivity contribution in [3.8, 4) is 0 Å². The van der Waals surface area contributed by atoms with Crippen LogP contribution in [-0.2, 0) is 6.42 Å². The van der Waals surface area contributed by atoms with Gasteiger partial charge in [-0.25, -0.2) is 4.98 Å². The monoisotopic (exact) mass is 462 g/mol. The highest BCUT2D eigenvalue weighted by molar-refractivity contribution is 14.0. The third-order valence-electron chi connectivity index (χ3n) is 3.46. The number of thiazole rings is 1. The molecule has 0 bridgehead atoms. The first-order valence-corrected chi connectivity index (χ1v) is 9.11. The highest BCUT2D eigenvalue weighted by atomic mass is 127. The molecule has 2 aromatic heterocycles. The molecule has 0 aliphatic rings. The molecular weight excluding hydrogens is 435 g/mol. The quantitative estimate of drug-likeness (QED) is 0.256. The normalized spacial score (nSPS) is 12.5. The number of nitrogens with one attached hydrogen (secondary N) is 2. The number of rotatable bonds is 9. The topological polar surface area (TPSA) is 62.5 Å². The lowest BCUT2D eigenvalue weighted by atomic mass is 10.2. The van der Waals surface area contributed by atoms with Gasteiger partial charge >= 0.3 is 0 Å². The third-order valence-corrected chi connectivity index (χ3v) is 4.47. The Hall–Kier alpha value is -1.09. The van der Waals surface area contributed by atoms with Crippen molar-refractivity contribution in [2.45, 2.75) is 39.0 Å². The van der Waals surface area contributed by atoms with Gasteiger partial charge in [0, 0.05) is 37.0 Å². The molecule has 2 aromatic rings. The van der Waals surface area contributed by atoms with Gasteiger partial charge in [0.15, 0.2) is 5.96 Å². The number of guanidine groups is 1. The van der Waals surface area contributed by atoms with Gasteiger partial charge in [-0.1, -0.05) is 20.3 Å². The Morgan fingerprint density at radius 1 is 1.38 bits per heavy atom. The average molecular weight is 462 g/mol. The molecule has 0 saturated carbocycles. The zero-order valence-corrected chi connectivity index (χ0v) is 17.5. The summed E-state index contributed by atoms with van der Waals surface area (Å²) >= 11 is 1.69. The summed E-state index contributed by atoms with van der Waals surface area (Å²) in [6.45, 7) is 6.82. The van der Waals surface area contributed by atoms with Gasteiger partial charge in [0.2, 0.25) is 0 Å². The van der Waals surface area contributed by atoms with Crippen LogP contribution in [0.25, 0.3) is 0 Å². The van der Waals surface area contributed by atoms with E-state index in [4.69, 9.17) is 9.41 Å². The minimum absolute atomic E-state index is 0. The Morgan fingerprint density at radius 3 is 2.88 bits per heavy atom. The van der Waals surface area contributed by atoms with Gasteiger partial charge in [0.25, 0.3) is 0 Å². The van der Waals surface area contributed by atoms with E-state index in [0.717, 1.165) is 49.2 Å².